The van der Waals surface area contributed by atoms with Gasteiger partial charge in [0.1, 0.15) is 5.01 Å². The number of hydrogen-bond acceptors (Lipinski definition) is 4. The number of thiazole rings is 1. The lowest BCUT2D eigenvalue weighted by Crippen LogP contribution is -2.17. The van der Waals surface area contributed by atoms with E-state index in [4.69, 9.17) is 4.84 Å². The first kappa shape index (κ1) is 11.5. The number of fused-ring (bicyclic) bond motifs is 1. The summed E-state index contributed by atoms with van der Waals surface area (Å²) in [5.41, 5.74) is 4.01. The number of hydroxylamine groups is 1. The average Bonchev–Trinajstić information content (AvgIpc) is 2.66. The molecule has 1 N–H and O–H groups in total. The normalized spacial score (nSPS) is 11.4. The molecular weight excluding hydrogens is 220 g/mol. The van der Waals surface area contributed by atoms with Crippen molar-refractivity contribution in [3.8, 4) is 0 Å². The Morgan fingerprint density at radius 3 is 2.94 bits per heavy atom. The third-order valence-electron chi connectivity index (χ3n) is 2.08. The highest BCUT2D eigenvalue weighted by atomic mass is 32.1. The lowest BCUT2D eigenvalue weighted by molar-refractivity contribution is 0.0196. The predicted molar refractivity (Wildman–Crippen MR) is 67.2 cm³/mol. The van der Waals surface area contributed by atoms with Crippen LogP contribution in [0.3, 0.4) is 0 Å². The smallest absolute Gasteiger partial charge is 0.110 e. The maximum absolute atomic E-state index is 5.31. The molecule has 1 aromatic carbocycles. The van der Waals surface area contributed by atoms with Gasteiger partial charge in [0.15, 0.2) is 0 Å². The summed E-state index contributed by atoms with van der Waals surface area (Å²) < 4.78 is 1.23. The molecule has 4 heteroatoms. The van der Waals surface area contributed by atoms with Crippen LogP contribution in [-0.2, 0) is 11.4 Å². The van der Waals surface area contributed by atoms with Gasteiger partial charge < -0.3 is 4.84 Å². The molecule has 0 bridgehead atoms. The minimum absolute atomic E-state index is 0.544. The second kappa shape index (κ2) is 5.39. The van der Waals surface area contributed by atoms with Crippen molar-refractivity contribution in [1.29, 1.82) is 0 Å². The number of aromatic nitrogens is 1. The standard InChI is InChI=1S/C12H16N2OS/c1-9(2)8-15-13-7-12-14-10-5-3-4-6-11(10)16-12/h3-6,9,13H,7-8H2,1-2H3. The summed E-state index contributed by atoms with van der Waals surface area (Å²) in [6.45, 7) is 5.65. The fourth-order valence-corrected chi connectivity index (χ4v) is 2.23. The molecule has 0 aliphatic heterocycles. The summed E-state index contributed by atoms with van der Waals surface area (Å²) in [5, 5.41) is 1.06. The molecule has 0 saturated heterocycles. The van der Waals surface area contributed by atoms with Crippen LogP contribution in [0.1, 0.15) is 18.9 Å². The summed E-state index contributed by atoms with van der Waals surface area (Å²) in [5.74, 6) is 0.544. The molecule has 0 unspecified atom stereocenters. The first-order valence-corrected chi connectivity index (χ1v) is 6.26. The highest BCUT2D eigenvalue weighted by Crippen LogP contribution is 2.21. The highest BCUT2D eigenvalue weighted by Gasteiger charge is 2.02. The van der Waals surface area contributed by atoms with Crippen LogP contribution in [0, 0.1) is 5.92 Å². The van der Waals surface area contributed by atoms with Crippen molar-refractivity contribution < 1.29 is 4.84 Å². The van der Waals surface area contributed by atoms with Crippen molar-refractivity contribution in [3.05, 3.63) is 29.3 Å². The van der Waals surface area contributed by atoms with Gasteiger partial charge in [0.2, 0.25) is 0 Å². The zero-order chi connectivity index (χ0) is 11.4. The Morgan fingerprint density at radius 2 is 2.19 bits per heavy atom. The van der Waals surface area contributed by atoms with Crippen LogP contribution in [0.5, 0.6) is 0 Å². The molecule has 1 aromatic heterocycles. The molecule has 1 heterocycles. The quantitative estimate of drug-likeness (QED) is 0.640. The molecule has 0 aliphatic rings. The average molecular weight is 236 g/mol. The second-order valence-corrected chi connectivity index (χ2v) is 5.22. The van der Waals surface area contributed by atoms with Gasteiger partial charge in [0.05, 0.1) is 23.4 Å². The van der Waals surface area contributed by atoms with Crippen molar-refractivity contribution in [3.63, 3.8) is 0 Å². The monoisotopic (exact) mass is 236 g/mol. The summed E-state index contributed by atoms with van der Waals surface area (Å²) in [4.78, 5) is 9.82. The molecular formula is C12H16N2OS. The number of benzene rings is 1. The number of nitrogens with zero attached hydrogens (tertiary/aromatic N) is 1. The Bertz CT molecular complexity index is 420. The van der Waals surface area contributed by atoms with Gasteiger partial charge in [-0.05, 0) is 18.1 Å². The van der Waals surface area contributed by atoms with Crippen LogP contribution >= 0.6 is 11.3 Å². The van der Waals surface area contributed by atoms with Crippen molar-refractivity contribution in [2.75, 3.05) is 6.61 Å². The molecule has 0 spiro atoms. The van der Waals surface area contributed by atoms with E-state index in [0.717, 1.165) is 17.1 Å². The van der Waals surface area contributed by atoms with Gasteiger partial charge in [-0.2, -0.15) is 5.48 Å². The number of hydrogen-bond donors (Lipinski definition) is 1. The Morgan fingerprint density at radius 1 is 1.38 bits per heavy atom. The predicted octanol–water partition coefficient (Wildman–Crippen LogP) is 2.97. The molecule has 2 aromatic rings. The fourth-order valence-electron chi connectivity index (χ4n) is 1.33. The molecule has 0 amide bonds. The van der Waals surface area contributed by atoms with Crippen molar-refractivity contribution in [2.45, 2.75) is 20.4 Å². The topological polar surface area (TPSA) is 34.1 Å². The van der Waals surface area contributed by atoms with Gasteiger partial charge in [-0.3, -0.25) is 0 Å². The summed E-state index contributed by atoms with van der Waals surface area (Å²) >= 11 is 1.70. The van der Waals surface area contributed by atoms with Crippen molar-refractivity contribution in [2.24, 2.45) is 5.92 Å². The molecule has 0 fully saturated rings. The first-order valence-electron chi connectivity index (χ1n) is 5.45. The zero-order valence-corrected chi connectivity index (χ0v) is 10.4. The van der Waals surface area contributed by atoms with Crippen LogP contribution in [0.15, 0.2) is 24.3 Å². The first-order chi connectivity index (χ1) is 7.75. The molecule has 86 valence electrons. The van der Waals surface area contributed by atoms with Gasteiger partial charge in [0.25, 0.3) is 0 Å². The van der Waals surface area contributed by atoms with E-state index in [-0.39, 0.29) is 0 Å². The lowest BCUT2D eigenvalue weighted by atomic mass is 10.2. The zero-order valence-electron chi connectivity index (χ0n) is 9.56. The minimum Gasteiger partial charge on any atom is -0.301 e. The molecule has 3 nitrogen and oxygen atoms in total. The molecule has 2 rings (SSSR count). The van der Waals surface area contributed by atoms with Gasteiger partial charge in [-0.25, -0.2) is 4.98 Å². The Kier molecular flexibility index (Phi) is 3.88. The Hall–Kier alpha value is -0.970. The third-order valence-corrected chi connectivity index (χ3v) is 3.12. The summed E-state index contributed by atoms with van der Waals surface area (Å²) in [7, 11) is 0. The minimum atomic E-state index is 0.544. The van der Waals surface area contributed by atoms with Crippen LogP contribution < -0.4 is 5.48 Å². The van der Waals surface area contributed by atoms with Crippen molar-refractivity contribution in [1.82, 2.24) is 10.5 Å². The van der Waals surface area contributed by atoms with E-state index in [0.29, 0.717) is 12.5 Å². The van der Waals surface area contributed by atoms with Crippen LogP contribution in [0.4, 0.5) is 0 Å². The SMILES string of the molecule is CC(C)CONCc1nc2ccccc2s1. The van der Waals surface area contributed by atoms with Crippen LogP contribution in [-0.4, -0.2) is 11.6 Å². The Labute approximate surface area is 99.4 Å². The number of nitrogens with one attached hydrogen (secondary N) is 1. The van der Waals surface area contributed by atoms with Crippen LogP contribution in [0.2, 0.25) is 0 Å². The number of rotatable bonds is 5. The van der Waals surface area contributed by atoms with Gasteiger partial charge in [-0.1, -0.05) is 26.0 Å². The van der Waals surface area contributed by atoms with E-state index < -0.39 is 0 Å². The van der Waals surface area contributed by atoms with Gasteiger partial charge in [0, 0.05) is 0 Å². The van der Waals surface area contributed by atoms with E-state index in [9.17, 15) is 0 Å². The van der Waals surface area contributed by atoms with Crippen LogP contribution in [0.25, 0.3) is 10.2 Å². The summed E-state index contributed by atoms with van der Waals surface area (Å²) in [6, 6.07) is 8.16. The summed E-state index contributed by atoms with van der Waals surface area (Å²) in [6.07, 6.45) is 0. The molecule has 0 radical (unpaired) electrons. The van der Waals surface area contributed by atoms with Crippen molar-refractivity contribution >= 4 is 21.6 Å². The molecule has 0 saturated carbocycles. The third kappa shape index (κ3) is 3.01. The van der Waals surface area contributed by atoms with Gasteiger partial charge >= 0.3 is 0 Å². The maximum Gasteiger partial charge on any atom is 0.110 e. The fraction of sp³-hybridized carbons (Fsp3) is 0.417. The van der Waals surface area contributed by atoms with E-state index in [1.54, 1.807) is 11.3 Å². The van der Waals surface area contributed by atoms with E-state index in [1.165, 1.54) is 4.70 Å². The van der Waals surface area contributed by atoms with Gasteiger partial charge in [-0.15, -0.1) is 11.3 Å². The molecule has 0 atom stereocenters. The number of para-hydroxylation sites is 1. The highest BCUT2D eigenvalue weighted by molar-refractivity contribution is 7.18. The molecule has 0 aliphatic carbocycles. The van der Waals surface area contributed by atoms with E-state index >= 15 is 0 Å². The van der Waals surface area contributed by atoms with E-state index in [2.05, 4.69) is 30.4 Å². The lowest BCUT2D eigenvalue weighted by Gasteiger charge is -2.05. The second-order valence-electron chi connectivity index (χ2n) is 4.10. The van der Waals surface area contributed by atoms with E-state index in [1.807, 2.05) is 18.2 Å². The molecule has 16 heavy (non-hydrogen) atoms. The Balaban J connectivity index is 1.89. The maximum atomic E-state index is 5.31. The largest absolute Gasteiger partial charge is 0.301 e.